The van der Waals surface area contributed by atoms with Gasteiger partial charge in [0.1, 0.15) is 5.56 Å². The molecule has 1 aromatic rings. The molecule has 3 heterocycles. The largest absolute Gasteiger partial charge is 0.481 e. The van der Waals surface area contributed by atoms with Gasteiger partial charge in [-0.25, -0.2) is 0 Å². The average molecular weight is 349 g/mol. The van der Waals surface area contributed by atoms with Crippen molar-refractivity contribution >= 4 is 5.91 Å². The van der Waals surface area contributed by atoms with E-state index in [1.165, 1.54) is 14.2 Å². The lowest BCUT2D eigenvalue weighted by atomic mass is 10.0. The topological polar surface area (TPSA) is 64.1 Å². The van der Waals surface area contributed by atoms with Gasteiger partial charge in [-0.05, 0) is 12.5 Å². The third kappa shape index (κ3) is 3.72. The van der Waals surface area contributed by atoms with Gasteiger partial charge in [-0.2, -0.15) is 4.98 Å². The van der Waals surface area contributed by atoms with Crippen LogP contribution in [0.4, 0.5) is 0 Å². The maximum atomic E-state index is 13.0. The van der Waals surface area contributed by atoms with Crippen molar-refractivity contribution < 1.29 is 19.0 Å². The highest BCUT2D eigenvalue weighted by atomic mass is 16.5. The fourth-order valence-corrected chi connectivity index (χ4v) is 3.73. The number of rotatable bonds is 5. The second-order valence-corrected chi connectivity index (χ2v) is 6.53. The highest BCUT2D eigenvalue weighted by Crippen LogP contribution is 2.25. The van der Waals surface area contributed by atoms with Crippen LogP contribution in [0.2, 0.25) is 0 Å². The smallest absolute Gasteiger partial charge is 0.259 e. The van der Waals surface area contributed by atoms with Gasteiger partial charge in [0.25, 0.3) is 5.91 Å². The lowest BCUT2D eigenvalue weighted by Gasteiger charge is -2.48. The first kappa shape index (κ1) is 17.9. The molecule has 3 rings (SSSR count). The molecule has 0 radical (unpaired) electrons. The first-order valence-electron chi connectivity index (χ1n) is 8.89. The SMILES string of the molecule is CCC[C@H]1COC[C@H]2CN(C(=O)c3ccc(OC)nc3OC)CCN12. The van der Waals surface area contributed by atoms with Crippen LogP contribution in [0.15, 0.2) is 12.1 Å². The van der Waals surface area contributed by atoms with Crippen molar-refractivity contribution in [2.75, 3.05) is 47.1 Å². The Labute approximate surface area is 148 Å². The van der Waals surface area contributed by atoms with Crippen molar-refractivity contribution in [3.63, 3.8) is 0 Å². The van der Waals surface area contributed by atoms with Gasteiger partial charge in [-0.3, -0.25) is 9.69 Å². The summed E-state index contributed by atoms with van der Waals surface area (Å²) in [5, 5.41) is 0. The van der Waals surface area contributed by atoms with Crippen molar-refractivity contribution in [2.45, 2.75) is 31.8 Å². The van der Waals surface area contributed by atoms with Crippen LogP contribution in [0.1, 0.15) is 30.1 Å². The van der Waals surface area contributed by atoms with E-state index in [0.29, 0.717) is 43.1 Å². The number of carbonyl (C=O) groups excluding carboxylic acids is 1. The Morgan fingerprint density at radius 2 is 2.12 bits per heavy atom. The van der Waals surface area contributed by atoms with Crippen LogP contribution in [0.3, 0.4) is 0 Å². The first-order chi connectivity index (χ1) is 12.2. The molecule has 0 unspecified atom stereocenters. The van der Waals surface area contributed by atoms with Gasteiger partial charge in [0.05, 0.1) is 33.5 Å². The summed E-state index contributed by atoms with van der Waals surface area (Å²) >= 11 is 0. The fourth-order valence-electron chi connectivity index (χ4n) is 3.73. The quantitative estimate of drug-likeness (QED) is 0.801. The normalized spacial score (nSPS) is 23.9. The number of carbonyl (C=O) groups is 1. The molecule has 7 heteroatoms. The van der Waals surface area contributed by atoms with Crippen LogP contribution in [-0.2, 0) is 4.74 Å². The van der Waals surface area contributed by atoms with Crippen molar-refractivity contribution in [1.82, 2.24) is 14.8 Å². The van der Waals surface area contributed by atoms with E-state index in [4.69, 9.17) is 14.2 Å². The maximum Gasteiger partial charge on any atom is 0.259 e. The molecule has 2 fully saturated rings. The van der Waals surface area contributed by atoms with Crippen molar-refractivity contribution in [3.8, 4) is 11.8 Å². The van der Waals surface area contributed by atoms with Crippen LogP contribution < -0.4 is 9.47 Å². The summed E-state index contributed by atoms with van der Waals surface area (Å²) in [4.78, 5) is 21.6. The number of nitrogens with zero attached hydrogens (tertiary/aromatic N) is 3. The standard InChI is InChI=1S/C18H27N3O4/c1-4-5-13-11-25-12-14-10-20(8-9-21(13)14)18(22)15-6-7-16(23-2)19-17(15)24-3/h6-7,13-14H,4-5,8-12H2,1-3H3/t13-,14+/m0/s1. The number of piperazine rings is 1. The lowest BCUT2D eigenvalue weighted by molar-refractivity contribution is -0.0776. The molecule has 2 aliphatic heterocycles. The molecule has 0 aromatic carbocycles. The summed E-state index contributed by atoms with van der Waals surface area (Å²) in [5.74, 6) is 0.682. The minimum Gasteiger partial charge on any atom is -0.481 e. The van der Waals surface area contributed by atoms with Gasteiger partial charge in [0.15, 0.2) is 0 Å². The molecular formula is C18H27N3O4. The number of pyridine rings is 1. The Hall–Kier alpha value is -1.86. The monoisotopic (exact) mass is 349 g/mol. The van der Waals surface area contributed by atoms with E-state index >= 15 is 0 Å². The van der Waals surface area contributed by atoms with E-state index < -0.39 is 0 Å². The number of methoxy groups -OCH3 is 2. The zero-order chi connectivity index (χ0) is 17.8. The van der Waals surface area contributed by atoms with E-state index in [-0.39, 0.29) is 11.9 Å². The van der Waals surface area contributed by atoms with E-state index in [0.717, 1.165) is 26.0 Å². The van der Waals surface area contributed by atoms with Crippen molar-refractivity contribution in [1.29, 1.82) is 0 Å². The lowest BCUT2D eigenvalue weighted by Crippen LogP contribution is -2.62. The molecule has 2 atom stereocenters. The van der Waals surface area contributed by atoms with Crippen molar-refractivity contribution in [2.24, 2.45) is 0 Å². The van der Waals surface area contributed by atoms with Gasteiger partial charge < -0.3 is 19.1 Å². The number of fused-ring (bicyclic) bond motifs is 1. The third-order valence-electron chi connectivity index (χ3n) is 4.99. The van der Waals surface area contributed by atoms with E-state index in [9.17, 15) is 4.79 Å². The number of ether oxygens (including phenoxy) is 3. The Balaban J connectivity index is 1.72. The molecule has 7 nitrogen and oxygen atoms in total. The zero-order valence-corrected chi connectivity index (χ0v) is 15.2. The highest BCUT2D eigenvalue weighted by molar-refractivity contribution is 5.96. The van der Waals surface area contributed by atoms with Gasteiger partial charge in [0.2, 0.25) is 11.8 Å². The van der Waals surface area contributed by atoms with E-state index in [2.05, 4.69) is 16.8 Å². The predicted molar refractivity (Wildman–Crippen MR) is 93.3 cm³/mol. The number of hydrogen-bond acceptors (Lipinski definition) is 6. The fraction of sp³-hybridized carbons (Fsp3) is 0.667. The molecular weight excluding hydrogens is 322 g/mol. The molecule has 138 valence electrons. The Kier molecular flexibility index (Phi) is 5.75. The minimum absolute atomic E-state index is 0.0516. The number of hydrogen-bond donors (Lipinski definition) is 0. The van der Waals surface area contributed by atoms with Gasteiger partial charge in [-0.15, -0.1) is 0 Å². The molecule has 0 N–H and O–H groups in total. The number of morpholine rings is 1. The van der Waals surface area contributed by atoms with Crippen LogP contribution in [-0.4, -0.2) is 79.8 Å². The Bertz CT molecular complexity index is 608. The third-order valence-corrected chi connectivity index (χ3v) is 4.99. The Morgan fingerprint density at radius 3 is 2.84 bits per heavy atom. The average Bonchev–Trinajstić information content (AvgIpc) is 2.67. The molecule has 0 bridgehead atoms. The molecule has 2 saturated heterocycles. The summed E-state index contributed by atoms with van der Waals surface area (Å²) in [5.41, 5.74) is 0.471. The predicted octanol–water partition coefficient (Wildman–Crippen LogP) is 1.42. The summed E-state index contributed by atoms with van der Waals surface area (Å²) in [6.45, 7) is 5.96. The van der Waals surface area contributed by atoms with Gasteiger partial charge >= 0.3 is 0 Å². The minimum atomic E-state index is -0.0516. The molecule has 1 amide bonds. The summed E-state index contributed by atoms with van der Waals surface area (Å²) in [7, 11) is 3.05. The van der Waals surface area contributed by atoms with E-state index in [1.54, 1.807) is 12.1 Å². The second-order valence-electron chi connectivity index (χ2n) is 6.53. The first-order valence-corrected chi connectivity index (χ1v) is 8.89. The molecule has 25 heavy (non-hydrogen) atoms. The summed E-state index contributed by atoms with van der Waals surface area (Å²) in [6, 6.07) is 4.14. The van der Waals surface area contributed by atoms with Gasteiger partial charge in [-0.1, -0.05) is 13.3 Å². The zero-order valence-electron chi connectivity index (χ0n) is 15.2. The van der Waals surface area contributed by atoms with Crippen LogP contribution >= 0.6 is 0 Å². The number of amides is 1. The van der Waals surface area contributed by atoms with Gasteiger partial charge in [0, 0.05) is 31.7 Å². The maximum absolute atomic E-state index is 13.0. The molecule has 0 aliphatic carbocycles. The van der Waals surface area contributed by atoms with E-state index in [1.807, 2.05) is 4.90 Å². The molecule has 1 aromatic heterocycles. The summed E-state index contributed by atoms with van der Waals surface area (Å²) in [6.07, 6.45) is 2.29. The van der Waals surface area contributed by atoms with Crippen LogP contribution in [0.5, 0.6) is 11.8 Å². The molecule has 0 saturated carbocycles. The molecule has 0 spiro atoms. The molecule has 2 aliphatic rings. The second kappa shape index (κ2) is 8.01. The summed E-state index contributed by atoms with van der Waals surface area (Å²) < 4.78 is 16.2. The van der Waals surface area contributed by atoms with Crippen LogP contribution in [0.25, 0.3) is 0 Å². The number of aromatic nitrogens is 1. The van der Waals surface area contributed by atoms with Crippen molar-refractivity contribution in [3.05, 3.63) is 17.7 Å². The van der Waals surface area contributed by atoms with Crippen LogP contribution in [0, 0.1) is 0 Å². The highest BCUT2D eigenvalue weighted by Gasteiger charge is 2.37. The Morgan fingerprint density at radius 1 is 1.28 bits per heavy atom.